The average Bonchev–Trinajstić information content (AvgIpc) is 2.28. The Kier molecular flexibility index (Phi) is 4.29. The van der Waals surface area contributed by atoms with Crippen LogP contribution in [0, 0.1) is 12.3 Å². The summed E-state index contributed by atoms with van der Waals surface area (Å²) < 4.78 is 0. The van der Waals surface area contributed by atoms with E-state index in [1.165, 1.54) is 5.56 Å². The van der Waals surface area contributed by atoms with Crippen molar-refractivity contribution in [1.82, 2.24) is 0 Å². The molecular formula is C14H22N2O. The van der Waals surface area contributed by atoms with Crippen LogP contribution in [0.1, 0.15) is 25.8 Å². The number of aryl methyl sites for hydroxylation is 1. The first-order chi connectivity index (χ1) is 7.88. The van der Waals surface area contributed by atoms with Crippen LogP contribution in [-0.4, -0.2) is 19.5 Å². The van der Waals surface area contributed by atoms with Gasteiger partial charge in [0.1, 0.15) is 0 Å². The molecule has 0 aliphatic heterocycles. The van der Waals surface area contributed by atoms with Gasteiger partial charge in [-0.3, -0.25) is 4.79 Å². The lowest BCUT2D eigenvalue weighted by Gasteiger charge is -2.29. The van der Waals surface area contributed by atoms with Crippen LogP contribution in [0.4, 0.5) is 5.69 Å². The Morgan fingerprint density at radius 3 is 2.29 bits per heavy atom. The highest BCUT2D eigenvalue weighted by atomic mass is 16.2. The molecule has 0 saturated heterocycles. The molecule has 1 aromatic rings. The Bertz CT molecular complexity index is 382. The predicted molar refractivity (Wildman–Crippen MR) is 72.0 cm³/mol. The third-order valence-corrected chi connectivity index (χ3v) is 3.07. The van der Waals surface area contributed by atoms with E-state index in [1.807, 2.05) is 52.1 Å². The van der Waals surface area contributed by atoms with E-state index < -0.39 is 5.41 Å². The third-order valence-electron chi connectivity index (χ3n) is 3.07. The molecule has 0 spiro atoms. The molecule has 1 rings (SSSR count). The predicted octanol–water partition coefficient (Wildman–Crippen LogP) is 2.33. The molecule has 2 N–H and O–H groups in total. The van der Waals surface area contributed by atoms with Crippen molar-refractivity contribution >= 4 is 11.6 Å². The highest BCUT2D eigenvalue weighted by Crippen LogP contribution is 2.25. The number of hydrogen-bond acceptors (Lipinski definition) is 2. The van der Waals surface area contributed by atoms with Crippen molar-refractivity contribution in [2.75, 3.05) is 18.5 Å². The van der Waals surface area contributed by atoms with E-state index in [0.717, 1.165) is 5.69 Å². The smallest absolute Gasteiger partial charge is 0.232 e. The maximum Gasteiger partial charge on any atom is 0.232 e. The van der Waals surface area contributed by atoms with Gasteiger partial charge in [0.05, 0.1) is 0 Å². The van der Waals surface area contributed by atoms with Crippen molar-refractivity contribution in [3.63, 3.8) is 0 Å². The number of carbonyl (C=O) groups excluding carboxylic acids is 1. The van der Waals surface area contributed by atoms with Gasteiger partial charge in [0.15, 0.2) is 0 Å². The number of rotatable bonds is 4. The summed E-state index contributed by atoms with van der Waals surface area (Å²) in [5, 5.41) is 0. The molecule has 0 heterocycles. The lowest BCUT2D eigenvalue weighted by atomic mass is 9.87. The molecule has 0 radical (unpaired) electrons. The number of hydrogen-bond donors (Lipinski definition) is 1. The van der Waals surface area contributed by atoms with Crippen LogP contribution in [0.25, 0.3) is 0 Å². The van der Waals surface area contributed by atoms with E-state index in [2.05, 4.69) is 0 Å². The summed E-state index contributed by atoms with van der Waals surface area (Å²) in [6, 6.07) is 7.95. The summed E-state index contributed by atoms with van der Waals surface area (Å²) in [7, 11) is 1.81. The Morgan fingerprint density at radius 1 is 1.29 bits per heavy atom. The lowest BCUT2D eigenvalue weighted by Crippen LogP contribution is -2.39. The molecular weight excluding hydrogens is 212 g/mol. The molecule has 3 heteroatoms. The summed E-state index contributed by atoms with van der Waals surface area (Å²) in [6.45, 7) is 6.43. The first-order valence-corrected chi connectivity index (χ1v) is 5.93. The summed E-state index contributed by atoms with van der Waals surface area (Å²) >= 11 is 0. The molecule has 0 bridgehead atoms. The van der Waals surface area contributed by atoms with Gasteiger partial charge in [-0.1, -0.05) is 31.5 Å². The molecule has 0 saturated carbocycles. The van der Waals surface area contributed by atoms with Crippen LogP contribution in [0.5, 0.6) is 0 Å². The SMILES string of the molecule is Cc1ccc(N(C)C(=O)C(C)(C)CCN)cc1. The van der Waals surface area contributed by atoms with Gasteiger partial charge in [-0.05, 0) is 32.0 Å². The maximum atomic E-state index is 12.3. The molecule has 3 nitrogen and oxygen atoms in total. The van der Waals surface area contributed by atoms with Gasteiger partial charge in [-0.2, -0.15) is 0 Å². The second-order valence-corrected chi connectivity index (χ2v) is 5.12. The van der Waals surface area contributed by atoms with E-state index in [0.29, 0.717) is 13.0 Å². The van der Waals surface area contributed by atoms with Gasteiger partial charge < -0.3 is 10.6 Å². The number of anilines is 1. The number of benzene rings is 1. The normalized spacial score (nSPS) is 11.4. The lowest BCUT2D eigenvalue weighted by molar-refractivity contribution is -0.126. The quantitative estimate of drug-likeness (QED) is 0.869. The Hall–Kier alpha value is -1.35. The fourth-order valence-electron chi connectivity index (χ4n) is 1.81. The Morgan fingerprint density at radius 2 is 1.82 bits per heavy atom. The van der Waals surface area contributed by atoms with Crippen molar-refractivity contribution in [3.8, 4) is 0 Å². The second-order valence-electron chi connectivity index (χ2n) is 5.12. The fraction of sp³-hybridized carbons (Fsp3) is 0.500. The van der Waals surface area contributed by atoms with Crippen LogP contribution in [-0.2, 0) is 4.79 Å². The largest absolute Gasteiger partial charge is 0.330 e. The molecule has 1 amide bonds. The second kappa shape index (κ2) is 5.32. The minimum atomic E-state index is -0.408. The van der Waals surface area contributed by atoms with Gasteiger partial charge in [-0.25, -0.2) is 0 Å². The highest BCUT2D eigenvalue weighted by molar-refractivity contribution is 5.96. The molecule has 0 aromatic heterocycles. The van der Waals surface area contributed by atoms with Gasteiger partial charge >= 0.3 is 0 Å². The van der Waals surface area contributed by atoms with Crippen molar-refractivity contribution in [1.29, 1.82) is 0 Å². The van der Waals surface area contributed by atoms with E-state index in [9.17, 15) is 4.79 Å². The first-order valence-electron chi connectivity index (χ1n) is 5.93. The van der Waals surface area contributed by atoms with E-state index in [1.54, 1.807) is 4.90 Å². The minimum absolute atomic E-state index is 0.104. The van der Waals surface area contributed by atoms with Gasteiger partial charge in [0.2, 0.25) is 5.91 Å². The van der Waals surface area contributed by atoms with Crippen molar-refractivity contribution in [2.24, 2.45) is 11.1 Å². The molecule has 1 aromatic carbocycles. The average molecular weight is 234 g/mol. The maximum absolute atomic E-state index is 12.3. The van der Waals surface area contributed by atoms with Crippen LogP contribution in [0.3, 0.4) is 0 Å². The fourth-order valence-corrected chi connectivity index (χ4v) is 1.81. The highest BCUT2D eigenvalue weighted by Gasteiger charge is 2.30. The number of amides is 1. The minimum Gasteiger partial charge on any atom is -0.330 e. The van der Waals surface area contributed by atoms with Crippen LogP contribution in [0.15, 0.2) is 24.3 Å². The van der Waals surface area contributed by atoms with Crippen LogP contribution < -0.4 is 10.6 Å². The zero-order chi connectivity index (χ0) is 13.1. The third kappa shape index (κ3) is 3.30. The standard InChI is InChI=1S/C14H22N2O/c1-11-5-7-12(8-6-11)16(4)13(17)14(2,3)9-10-15/h5-8H,9-10,15H2,1-4H3. The van der Waals surface area contributed by atoms with E-state index >= 15 is 0 Å². The van der Waals surface area contributed by atoms with Gasteiger partial charge in [-0.15, -0.1) is 0 Å². The zero-order valence-corrected chi connectivity index (χ0v) is 11.2. The molecule has 17 heavy (non-hydrogen) atoms. The summed E-state index contributed by atoms with van der Waals surface area (Å²) in [4.78, 5) is 14.0. The molecule has 0 aliphatic carbocycles. The number of nitrogens with two attached hydrogens (primary N) is 1. The van der Waals surface area contributed by atoms with E-state index in [-0.39, 0.29) is 5.91 Å². The monoisotopic (exact) mass is 234 g/mol. The zero-order valence-electron chi connectivity index (χ0n) is 11.2. The summed E-state index contributed by atoms with van der Waals surface area (Å²) in [6.07, 6.45) is 0.696. The topological polar surface area (TPSA) is 46.3 Å². The van der Waals surface area contributed by atoms with Gasteiger partial charge in [0, 0.05) is 18.2 Å². The van der Waals surface area contributed by atoms with Crippen LogP contribution in [0.2, 0.25) is 0 Å². The number of nitrogens with zero attached hydrogens (tertiary/aromatic N) is 1. The van der Waals surface area contributed by atoms with Crippen molar-refractivity contribution < 1.29 is 4.79 Å². The summed E-state index contributed by atoms with van der Waals surface area (Å²) in [5.41, 5.74) is 7.24. The summed E-state index contributed by atoms with van der Waals surface area (Å²) in [5.74, 6) is 0.104. The van der Waals surface area contributed by atoms with Crippen molar-refractivity contribution in [2.45, 2.75) is 27.2 Å². The van der Waals surface area contributed by atoms with E-state index in [4.69, 9.17) is 5.73 Å². The van der Waals surface area contributed by atoms with Crippen molar-refractivity contribution in [3.05, 3.63) is 29.8 Å². The molecule has 0 aliphatic rings. The Labute approximate surface area is 104 Å². The first kappa shape index (κ1) is 13.7. The van der Waals surface area contributed by atoms with Crippen LogP contribution >= 0.6 is 0 Å². The molecule has 0 unspecified atom stereocenters. The van der Waals surface area contributed by atoms with Gasteiger partial charge in [0.25, 0.3) is 0 Å². The molecule has 0 atom stereocenters. The number of carbonyl (C=O) groups is 1. The molecule has 0 fully saturated rings. The Balaban J connectivity index is 2.86. The molecule has 94 valence electrons.